The highest BCUT2D eigenvalue weighted by Gasteiger charge is 2.31. The van der Waals surface area contributed by atoms with Crippen molar-refractivity contribution in [1.82, 2.24) is 30.0 Å². The normalized spacial score (nSPS) is 19.3. The summed E-state index contributed by atoms with van der Waals surface area (Å²) in [6.07, 6.45) is 3.65. The Morgan fingerprint density at radius 2 is 2.35 bits per heavy atom. The first-order valence-corrected chi connectivity index (χ1v) is 6.67. The maximum Gasteiger partial charge on any atom is 0.275 e. The Morgan fingerprint density at radius 1 is 1.50 bits per heavy atom. The largest absolute Gasteiger partial charge is 0.336 e. The number of nitrogens with one attached hydrogen (secondary N) is 2. The van der Waals surface area contributed by atoms with Crippen LogP contribution in [0.5, 0.6) is 0 Å². The molecular formula is C13H18N6O. The quantitative estimate of drug-likeness (QED) is 0.822. The lowest BCUT2D eigenvalue weighted by atomic mass is 10.1. The third kappa shape index (κ3) is 2.20. The fraction of sp³-hybridized carbons (Fsp3) is 0.462. The molecule has 1 amide bonds. The molecule has 0 saturated carbocycles. The van der Waals surface area contributed by atoms with Crippen molar-refractivity contribution in [3.05, 3.63) is 35.7 Å². The van der Waals surface area contributed by atoms with Crippen LogP contribution in [0.15, 0.2) is 18.5 Å². The van der Waals surface area contributed by atoms with E-state index in [1.54, 1.807) is 12.3 Å². The van der Waals surface area contributed by atoms with Gasteiger partial charge in [0.25, 0.3) is 5.91 Å². The van der Waals surface area contributed by atoms with Gasteiger partial charge in [-0.1, -0.05) is 0 Å². The Bertz CT molecular complexity index is 616. The van der Waals surface area contributed by atoms with E-state index < -0.39 is 0 Å². The topological polar surface area (TPSA) is 78.8 Å². The molecule has 0 bridgehead atoms. The summed E-state index contributed by atoms with van der Waals surface area (Å²) in [6.45, 7) is 4.04. The molecule has 106 valence electrons. The number of aromatic nitrogens is 4. The number of hydrogen-bond acceptors (Lipinski definition) is 4. The van der Waals surface area contributed by atoms with E-state index in [0.29, 0.717) is 18.8 Å². The molecule has 3 rings (SSSR count). The van der Waals surface area contributed by atoms with Crippen molar-refractivity contribution in [2.45, 2.75) is 13.0 Å². The van der Waals surface area contributed by atoms with Crippen LogP contribution >= 0.6 is 0 Å². The molecule has 0 radical (unpaired) electrons. The second-order valence-electron chi connectivity index (χ2n) is 5.05. The zero-order valence-electron chi connectivity index (χ0n) is 11.6. The van der Waals surface area contributed by atoms with Crippen LogP contribution in [-0.4, -0.2) is 50.2 Å². The van der Waals surface area contributed by atoms with Crippen molar-refractivity contribution in [3.8, 4) is 0 Å². The molecule has 2 N–H and O–H groups in total. The van der Waals surface area contributed by atoms with Crippen LogP contribution in [0.4, 0.5) is 0 Å². The van der Waals surface area contributed by atoms with Crippen molar-refractivity contribution in [1.29, 1.82) is 0 Å². The van der Waals surface area contributed by atoms with Gasteiger partial charge in [0.05, 0.1) is 0 Å². The fourth-order valence-electron chi connectivity index (χ4n) is 2.55. The number of nitrogens with zero attached hydrogens (tertiary/aromatic N) is 4. The molecule has 1 fully saturated rings. The van der Waals surface area contributed by atoms with Crippen LogP contribution in [0.1, 0.15) is 28.0 Å². The van der Waals surface area contributed by atoms with Gasteiger partial charge in [-0.05, 0) is 13.0 Å². The van der Waals surface area contributed by atoms with Crippen LogP contribution in [0.2, 0.25) is 0 Å². The van der Waals surface area contributed by atoms with E-state index in [1.807, 2.05) is 29.6 Å². The van der Waals surface area contributed by atoms with Gasteiger partial charge in [0, 0.05) is 44.8 Å². The number of H-pyrrole nitrogens is 1. The molecule has 0 aliphatic carbocycles. The van der Waals surface area contributed by atoms with Gasteiger partial charge in [0.15, 0.2) is 0 Å². The van der Waals surface area contributed by atoms with Gasteiger partial charge in [-0.2, -0.15) is 5.10 Å². The lowest BCUT2D eigenvalue weighted by molar-refractivity contribution is 0.0614. The molecule has 1 atom stereocenters. The SMILES string of the molecule is Cc1cc(C(=O)N2CCNCC2c2nccn2C)n[nH]1. The third-order valence-corrected chi connectivity index (χ3v) is 3.59. The highest BCUT2D eigenvalue weighted by atomic mass is 16.2. The minimum atomic E-state index is -0.0618. The number of aromatic amines is 1. The van der Waals surface area contributed by atoms with Crippen LogP contribution in [0.25, 0.3) is 0 Å². The van der Waals surface area contributed by atoms with Crippen molar-refractivity contribution in [2.75, 3.05) is 19.6 Å². The summed E-state index contributed by atoms with van der Waals surface area (Å²) in [4.78, 5) is 18.8. The van der Waals surface area contributed by atoms with Crippen molar-refractivity contribution >= 4 is 5.91 Å². The molecule has 7 nitrogen and oxygen atoms in total. The number of aryl methyl sites for hydroxylation is 2. The summed E-state index contributed by atoms with van der Waals surface area (Å²) in [6, 6.07) is 1.72. The number of carbonyl (C=O) groups is 1. The lowest BCUT2D eigenvalue weighted by Crippen LogP contribution is -2.49. The molecule has 1 aliphatic heterocycles. The van der Waals surface area contributed by atoms with E-state index in [-0.39, 0.29) is 11.9 Å². The first-order valence-electron chi connectivity index (χ1n) is 6.67. The van der Waals surface area contributed by atoms with E-state index in [2.05, 4.69) is 20.5 Å². The van der Waals surface area contributed by atoms with E-state index in [0.717, 1.165) is 18.1 Å². The van der Waals surface area contributed by atoms with Crippen molar-refractivity contribution in [3.63, 3.8) is 0 Å². The summed E-state index contributed by atoms with van der Waals surface area (Å²) in [5, 5.41) is 10.2. The monoisotopic (exact) mass is 274 g/mol. The molecule has 2 aromatic heterocycles. The number of carbonyl (C=O) groups excluding carboxylic acids is 1. The van der Waals surface area contributed by atoms with Gasteiger partial charge in [0.2, 0.25) is 0 Å². The van der Waals surface area contributed by atoms with E-state index >= 15 is 0 Å². The predicted molar refractivity (Wildman–Crippen MR) is 73.2 cm³/mol. The summed E-state index contributed by atoms with van der Waals surface area (Å²) < 4.78 is 1.95. The van der Waals surface area contributed by atoms with Crippen LogP contribution in [0, 0.1) is 6.92 Å². The predicted octanol–water partition coefficient (Wildman–Crippen LogP) is 0.238. The Balaban J connectivity index is 1.89. The zero-order chi connectivity index (χ0) is 14.1. The smallest absolute Gasteiger partial charge is 0.275 e. The Labute approximate surface area is 117 Å². The van der Waals surface area contributed by atoms with Gasteiger partial charge < -0.3 is 14.8 Å². The molecule has 1 unspecified atom stereocenters. The Kier molecular flexibility index (Phi) is 3.27. The second kappa shape index (κ2) is 5.09. The number of imidazole rings is 1. The first kappa shape index (κ1) is 12.9. The third-order valence-electron chi connectivity index (χ3n) is 3.59. The number of piperazine rings is 1. The number of amides is 1. The summed E-state index contributed by atoms with van der Waals surface area (Å²) in [5.41, 5.74) is 1.35. The maximum absolute atomic E-state index is 12.6. The minimum Gasteiger partial charge on any atom is -0.336 e. The molecule has 1 saturated heterocycles. The summed E-state index contributed by atoms with van der Waals surface area (Å²) in [5.74, 6) is 0.835. The maximum atomic E-state index is 12.6. The van der Waals surface area contributed by atoms with Crippen LogP contribution < -0.4 is 5.32 Å². The van der Waals surface area contributed by atoms with E-state index in [4.69, 9.17) is 0 Å². The van der Waals surface area contributed by atoms with Gasteiger partial charge in [-0.3, -0.25) is 9.89 Å². The first-order chi connectivity index (χ1) is 9.66. The average molecular weight is 274 g/mol. The van der Waals surface area contributed by atoms with E-state index in [1.165, 1.54) is 0 Å². The zero-order valence-corrected chi connectivity index (χ0v) is 11.6. The van der Waals surface area contributed by atoms with Gasteiger partial charge >= 0.3 is 0 Å². The standard InChI is InChI=1S/C13H18N6O/c1-9-7-10(17-16-9)13(20)19-6-3-14-8-11(19)12-15-4-5-18(12)2/h4-5,7,11,14H,3,6,8H2,1-2H3,(H,16,17). The minimum absolute atomic E-state index is 0.0520. The molecule has 3 heterocycles. The highest BCUT2D eigenvalue weighted by molar-refractivity contribution is 5.92. The molecule has 2 aromatic rings. The molecular weight excluding hydrogens is 256 g/mol. The molecule has 0 aromatic carbocycles. The molecule has 0 spiro atoms. The van der Waals surface area contributed by atoms with Gasteiger partial charge in [-0.15, -0.1) is 0 Å². The Morgan fingerprint density at radius 3 is 3.00 bits per heavy atom. The van der Waals surface area contributed by atoms with Crippen molar-refractivity contribution in [2.24, 2.45) is 7.05 Å². The van der Waals surface area contributed by atoms with Gasteiger partial charge in [0.1, 0.15) is 17.6 Å². The lowest BCUT2D eigenvalue weighted by Gasteiger charge is -2.35. The highest BCUT2D eigenvalue weighted by Crippen LogP contribution is 2.22. The summed E-state index contributed by atoms with van der Waals surface area (Å²) in [7, 11) is 1.94. The van der Waals surface area contributed by atoms with E-state index in [9.17, 15) is 4.79 Å². The van der Waals surface area contributed by atoms with Crippen molar-refractivity contribution < 1.29 is 4.79 Å². The van der Waals surface area contributed by atoms with Gasteiger partial charge in [-0.25, -0.2) is 4.98 Å². The second-order valence-corrected chi connectivity index (χ2v) is 5.05. The Hall–Kier alpha value is -2.15. The fourth-order valence-corrected chi connectivity index (χ4v) is 2.55. The van der Waals surface area contributed by atoms with Crippen LogP contribution in [-0.2, 0) is 7.05 Å². The molecule has 20 heavy (non-hydrogen) atoms. The van der Waals surface area contributed by atoms with Crippen LogP contribution in [0.3, 0.4) is 0 Å². The summed E-state index contributed by atoms with van der Waals surface area (Å²) >= 11 is 0. The number of rotatable bonds is 2. The molecule has 1 aliphatic rings. The average Bonchev–Trinajstić information content (AvgIpc) is 3.07. The number of hydrogen-bond donors (Lipinski definition) is 2. The molecule has 7 heteroatoms.